The van der Waals surface area contributed by atoms with Crippen LogP contribution in [-0.2, 0) is 12.1 Å². The van der Waals surface area contributed by atoms with Gasteiger partial charge < -0.3 is 0 Å². The Morgan fingerprint density at radius 2 is 2.00 bits per heavy atom. The largest absolute Gasteiger partial charge is 0.294 e. The first-order chi connectivity index (χ1) is 10.8. The molecule has 23 heavy (non-hydrogen) atoms. The number of halogens is 1. The molecule has 3 rings (SSSR count). The summed E-state index contributed by atoms with van der Waals surface area (Å²) in [7, 11) is 0. The molecule has 0 spiro atoms. The normalized spacial score (nSPS) is 12.0. The highest BCUT2D eigenvalue weighted by Crippen LogP contribution is 2.18. The number of benzene rings is 1. The van der Waals surface area contributed by atoms with Crippen molar-refractivity contribution in [2.75, 3.05) is 0 Å². The summed E-state index contributed by atoms with van der Waals surface area (Å²) >= 11 is 0. The van der Waals surface area contributed by atoms with E-state index in [-0.39, 0.29) is 23.5 Å². The van der Waals surface area contributed by atoms with Crippen molar-refractivity contribution in [3.63, 3.8) is 0 Å². The Kier molecular flexibility index (Phi) is 3.55. The van der Waals surface area contributed by atoms with E-state index in [0.29, 0.717) is 16.6 Å². The van der Waals surface area contributed by atoms with Gasteiger partial charge in [-0.2, -0.15) is 5.10 Å². The Balaban J connectivity index is 2.09. The van der Waals surface area contributed by atoms with Crippen LogP contribution in [0.1, 0.15) is 31.9 Å². The van der Waals surface area contributed by atoms with E-state index in [1.807, 2.05) is 26.8 Å². The van der Waals surface area contributed by atoms with Crippen LogP contribution in [0.4, 0.5) is 4.39 Å². The number of fused-ring (bicyclic) bond motifs is 1. The average molecular weight is 314 g/mol. The predicted molar refractivity (Wildman–Crippen MR) is 87.0 cm³/mol. The highest BCUT2D eigenvalue weighted by atomic mass is 19.1. The smallest absolute Gasteiger partial charge is 0.264 e. The maximum absolute atomic E-state index is 13.7. The third-order valence-corrected chi connectivity index (χ3v) is 3.91. The lowest BCUT2D eigenvalue weighted by atomic mass is 10.1. The zero-order chi connectivity index (χ0) is 16.8. The van der Waals surface area contributed by atoms with Crippen molar-refractivity contribution in [3.8, 4) is 0 Å². The van der Waals surface area contributed by atoms with E-state index in [1.165, 1.54) is 17.0 Å². The summed E-state index contributed by atoms with van der Waals surface area (Å²) in [6, 6.07) is 4.87. The lowest BCUT2D eigenvalue weighted by molar-refractivity contribution is 0.365. The fourth-order valence-corrected chi connectivity index (χ4v) is 2.56. The second-order valence-electron chi connectivity index (χ2n) is 6.67. The van der Waals surface area contributed by atoms with E-state index in [0.717, 1.165) is 5.56 Å². The molecule has 0 saturated carbocycles. The highest BCUT2D eigenvalue weighted by molar-refractivity contribution is 5.73. The molecule has 0 amide bonds. The molecular formula is C17H19FN4O. The van der Waals surface area contributed by atoms with Gasteiger partial charge >= 0.3 is 0 Å². The summed E-state index contributed by atoms with van der Waals surface area (Å²) in [5.74, 6) is -0.273. The third-order valence-electron chi connectivity index (χ3n) is 3.91. The SMILES string of the molecule is Cc1c(F)cccc1Cn1cnc2c(cnn2C(C)(C)C)c1=O. The minimum Gasteiger partial charge on any atom is -0.294 e. The van der Waals surface area contributed by atoms with Gasteiger partial charge in [0.1, 0.15) is 17.5 Å². The van der Waals surface area contributed by atoms with Crippen LogP contribution in [0, 0.1) is 12.7 Å². The molecule has 0 aliphatic rings. The van der Waals surface area contributed by atoms with Crippen molar-refractivity contribution in [3.05, 3.63) is 58.0 Å². The molecule has 1 aromatic carbocycles. The Morgan fingerprint density at radius 1 is 1.26 bits per heavy atom. The summed E-state index contributed by atoms with van der Waals surface area (Å²) in [4.78, 5) is 17.0. The van der Waals surface area contributed by atoms with Crippen molar-refractivity contribution < 1.29 is 4.39 Å². The van der Waals surface area contributed by atoms with Crippen molar-refractivity contribution in [2.24, 2.45) is 0 Å². The summed E-state index contributed by atoms with van der Waals surface area (Å²) in [6.45, 7) is 8.00. The van der Waals surface area contributed by atoms with Gasteiger partial charge in [0.05, 0.1) is 18.3 Å². The molecule has 5 nitrogen and oxygen atoms in total. The molecule has 2 heterocycles. The van der Waals surface area contributed by atoms with Crippen LogP contribution in [0.25, 0.3) is 11.0 Å². The van der Waals surface area contributed by atoms with E-state index in [2.05, 4.69) is 10.1 Å². The standard InChI is InChI=1S/C17H19FN4O/c1-11-12(6-5-7-14(11)18)9-21-10-19-15-13(16(21)23)8-20-22(15)17(2,3)4/h5-8,10H,9H2,1-4H3. The van der Waals surface area contributed by atoms with Crippen LogP contribution < -0.4 is 5.56 Å². The van der Waals surface area contributed by atoms with Crippen LogP contribution >= 0.6 is 0 Å². The minimum absolute atomic E-state index is 0.172. The van der Waals surface area contributed by atoms with Crippen LogP contribution in [-0.4, -0.2) is 19.3 Å². The Labute approximate surface area is 133 Å². The summed E-state index contributed by atoms with van der Waals surface area (Å²) in [6.07, 6.45) is 3.05. The van der Waals surface area contributed by atoms with Crippen LogP contribution in [0.2, 0.25) is 0 Å². The molecule has 120 valence electrons. The lowest BCUT2D eigenvalue weighted by Gasteiger charge is -2.19. The minimum atomic E-state index is -0.273. The van der Waals surface area contributed by atoms with Gasteiger partial charge in [0, 0.05) is 0 Å². The summed E-state index contributed by atoms with van der Waals surface area (Å²) in [5, 5.41) is 4.76. The van der Waals surface area contributed by atoms with Gasteiger partial charge in [-0.05, 0) is 44.9 Å². The van der Waals surface area contributed by atoms with Crippen molar-refractivity contribution in [2.45, 2.75) is 39.8 Å². The van der Waals surface area contributed by atoms with Crippen molar-refractivity contribution in [1.29, 1.82) is 0 Å². The molecule has 0 aliphatic heterocycles. The molecule has 0 unspecified atom stereocenters. The summed E-state index contributed by atoms with van der Waals surface area (Å²) in [5.41, 5.74) is 1.44. The lowest BCUT2D eigenvalue weighted by Crippen LogP contribution is -2.25. The van der Waals surface area contributed by atoms with Crippen LogP contribution in [0.3, 0.4) is 0 Å². The first-order valence-corrected chi connectivity index (χ1v) is 7.46. The number of hydrogen-bond donors (Lipinski definition) is 0. The van der Waals surface area contributed by atoms with E-state index in [1.54, 1.807) is 23.9 Å². The molecule has 0 radical (unpaired) electrons. The Morgan fingerprint density at radius 3 is 2.70 bits per heavy atom. The van der Waals surface area contributed by atoms with Gasteiger partial charge in [-0.25, -0.2) is 14.1 Å². The zero-order valence-corrected chi connectivity index (χ0v) is 13.7. The highest BCUT2D eigenvalue weighted by Gasteiger charge is 2.19. The Hall–Kier alpha value is -2.50. The van der Waals surface area contributed by atoms with E-state index < -0.39 is 0 Å². The topological polar surface area (TPSA) is 52.7 Å². The van der Waals surface area contributed by atoms with Gasteiger partial charge in [-0.3, -0.25) is 9.36 Å². The van der Waals surface area contributed by atoms with Crippen molar-refractivity contribution >= 4 is 11.0 Å². The monoisotopic (exact) mass is 314 g/mol. The third kappa shape index (κ3) is 2.65. The number of rotatable bonds is 2. The average Bonchev–Trinajstić information content (AvgIpc) is 2.91. The number of aromatic nitrogens is 4. The van der Waals surface area contributed by atoms with Gasteiger partial charge in [0.15, 0.2) is 5.65 Å². The molecule has 3 aromatic rings. The van der Waals surface area contributed by atoms with Gasteiger partial charge in [-0.15, -0.1) is 0 Å². The second kappa shape index (κ2) is 5.30. The van der Waals surface area contributed by atoms with Crippen LogP contribution in [0.15, 0.2) is 35.5 Å². The number of hydrogen-bond acceptors (Lipinski definition) is 3. The first kappa shape index (κ1) is 15.4. The second-order valence-corrected chi connectivity index (χ2v) is 6.67. The van der Waals surface area contributed by atoms with Crippen molar-refractivity contribution in [1.82, 2.24) is 19.3 Å². The van der Waals surface area contributed by atoms with E-state index >= 15 is 0 Å². The fraction of sp³-hybridized carbons (Fsp3) is 0.353. The van der Waals surface area contributed by atoms with Gasteiger partial charge in [0.25, 0.3) is 5.56 Å². The van der Waals surface area contributed by atoms with Crippen LogP contribution in [0.5, 0.6) is 0 Å². The predicted octanol–water partition coefficient (Wildman–Crippen LogP) is 2.84. The molecular weight excluding hydrogens is 295 g/mol. The molecule has 0 fully saturated rings. The molecule has 6 heteroatoms. The first-order valence-electron chi connectivity index (χ1n) is 7.46. The molecule has 0 saturated heterocycles. The fourth-order valence-electron chi connectivity index (χ4n) is 2.56. The summed E-state index contributed by atoms with van der Waals surface area (Å²) < 4.78 is 16.9. The Bertz CT molecular complexity index is 934. The quantitative estimate of drug-likeness (QED) is 0.731. The molecule has 0 aliphatic carbocycles. The molecule has 0 N–H and O–H groups in total. The van der Waals surface area contributed by atoms with Gasteiger partial charge in [-0.1, -0.05) is 12.1 Å². The molecule has 0 atom stereocenters. The molecule has 2 aromatic heterocycles. The molecule has 0 bridgehead atoms. The van der Waals surface area contributed by atoms with E-state index in [4.69, 9.17) is 0 Å². The van der Waals surface area contributed by atoms with E-state index in [9.17, 15) is 9.18 Å². The maximum Gasteiger partial charge on any atom is 0.264 e. The maximum atomic E-state index is 13.7. The van der Waals surface area contributed by atoms with Gasteiger partial charge in [0.2, 0.25) is 0 Å². The zero-order valence-electron chi connectivity index (χ0n) is 13.7. The number of nitrogens with zero attached hydrogens (tertiary/aromatic N) is 4.